The molecular weight excluding hydrogens is 465 g/mol. The summed E-state index contributed by atoms with van der Waals surface area (Å²) in [6.45, 7) is 0.181. The fourth-order valence-electron chi connectivity index (χ4n) is 2.86. The van der Waals surface area contributed by atoms with Crippen LogP contribution < -0.4 is 15.4 Å². The lowest BCUT2D eigenvalue weighted by atomic mass is 10.2. The minimum absolute atomic E-state index is 0.0325. The van der Waals surface area contributed by atoms with Crippen LogP contribution >= 0.6 is 15.9 Å². The number of hydrogen-bond donors (Lipinski definition) is 2. The average Bonchev–Trinajstić information content (AvgIpc) is 3.13. The lowest BCUT2D eigenvalue weighted by molar-refractivity contribution is -0.385. The molecule has 0 bridgehead atoms. The minimum atomic E-state index is -0.606. The largest absolute Gasteiger partial charge is 0.483 e. The first-order valence-electron chi connectivity index (χ1n) is 8.63. The molecule has 10 nitrogen and oxygen atoms in total. The van der Waals surface area contributed by atoms with E-state index >= 15 is 0 Å². The van der Waals surface area contributed by atoms with Crippen molar-refractivity contribution in [2.75, 3.05) is 18.5 Å². The molecule has 12 heteroatoms. The van der Waals surface area contributed by atoms with Crippen molar-refractivity contribution in [3.8, 4) is 5.75 Å². The van der Waals surface area contributed by atoms with Crippen LogP contribution in [0, 0.1) is 15.9 Å². The van der Waals surface area contributed by atoms with Crippen molar-refractivity contribution >= 4 is 50.1 Å². The highest BCUT2D eigenvalue weighted by Crippen LogP contribution is 2.35. The van der Waals surface area contributed by atoms with Gasteiger partial charge in [-0.05, 0) is 18.2 Å². The summed E-state index contributed by atoms with van der Waals surface area (Å²) in [5, 5.41) is 17.2. The van der Waals surface area contributed by atoms with Crippen LogP contribution in [-0.2, 0) is 4.74 Å². The summed E-state index contributed by atoms with van der Waals surface area (Å²) in [6.07, 6.45) is 0.121. The number of rotatable bonds is 6. The van der Waals surface area contributed by atoms with Gasteiger partial charge in [0.05, 0.1) is 28.1 Å². The number of carbonyl (C=O) groups excluding carboxylic acids is 1. The van der Waals surface area contributed by atoms with E-state index in [1.165, 1.54) is 30.6 Å². The van der Waals surface area contributed by atoms with E-state index in [-0.39, 0.29) is 36.1 Å². The summed E-state index contributed by atoms with van der Waals surface area (Å²) in [5.41, 5.74) is 0.179. The molecule has 0 aliphatic carbocycles. The number of nitrogens with one attached hydrogen (secondary N) is 2. The zero-order valence-corrected chi connectivity index (χ0v) is 16.7. The Kier molecular flexibility index (Phi) is 5.31. The standard InChI is InChI=1S/C18H13BrFN5O5/c19-9-1-2-13(12(20)3-9)24-17-11-4-15(25(27)28)16(5-14(11)22-8-23-17)29-7-10-6-21-18(26)30-10/h1-5,8,10H,6-7H2,(H,21,26)(H,22,23,24). The number of hydrogen-bond acceptors (Lipinski definition) is 8. The van der Waals surface area contributed by atoms with Gasteiger partial charge in [-0.2, -0.15) is 0 Å². The third-order valence-corrected chi connectivity index (χ3v) is 4.76. The molecule has 2 N–H and O–H groups in total. The number of anilines is 2. The molecule has 154 valence electrons. The van der Waals surface area contributed by atoms with Crippen LogP contribution in [0.15, 0.2) is 41.1 Å². The van der Waals surface area contributed by atoms with Crippen LogP contribution in [-0.4, -0.2) is 40.2 Å². The fourth-order valence-corrected chi connectivity index (χ4v) is 3.19. The first kappa shape index (κ1) is 19.8. The molecule has 1 aliphatic rings. The third kappa shape index (κ3) is 4.08. The van der Waals surface area contributed by atoms with Gasteiger partial charge in [-0.1, -0.05) is 15.9 Å². The number of amides is 1. The Morgan fingerprint density at radius 1 is 1.37 bits per heavy atom. The number of alkyl carbamates (subject to hydrolysis) is 1. The Labute approximate surface area is 176 Å². The number of ether oxygens (including phenoxy) is 2. The van der Waals surface area contributed by atoms with Crippen molar-refractivity contribution in [3.05, 3.63) is 57.1 Å². The molecule has 30 heavy (non-hydrogen) atoms. The van der Waals surface area contributed by atoms with E-state index in [1.807, 2.05) is 0 Å². The SMILES string of the molecule is O=C1NCC(COc2cc3ncnc(Nc4ccc(Br)cc4F)c3cc2[N+](=O)[O-])O1. The number of nitro benzene ring substituents is 1. The van der Waals surface area contributed by atoms with E-state index in [4.69, 9.17) is 9.47 Å². The molecule has 1 fully saturated rings. The van der Waals surface area contributed by atoms with Crippen LogP contribution in [0.5, 0.6) is 5.75 Å². The molecule has 3 aromatic rings. The van der Waals surface area contributed by atoms with E-state index in [1.54, 1.807) is 6.07 Å². The maximum atomic E-state index is 14.2. The Morgan fingerprint density at radius 3 is 2.90 bits per heavy atom. The molecule has 4 rings (SSSR count). The predicted octanol–water partition coefficient (Wildman–Crippen LogP) is 3.67. The molecule has 1 amide bonds. The van der Waals surface area contributed by atoms with E-state index in [0.29, 0.717) is 15.4 Å². The summed E-state index contributed by atoms with van der Waals surface area (Å²) in [6, 6.07) is 7.08. The minimum Gasteiger partial charge on any atom is -0.483 e. The van der Waals surface area contributed by atoms with Gasteiger partial charge >= 0.3 is 11.8 Å². The summed E-state index contributed by atoms with van der Waals surface area (Å²) in [4.78, 5) is 30.3. The number of carbonyl (C=O) groups is 1. The number of fused-ring (bicyclic) bond motifs is 1. The highest BCUT2D eigenvalue weighted by atomic mass is 79.9. The van der Waals surface area contributed by atoms with Crippen molar-refractivity contribution in [1.29, 1.82) is 0 Å². The van der Waals surface area contributed by atoms with Gasteiger partial charge in [0.25, 0.3) is 0 Å². The van der Waals surface area contributed by atoms with Crippen molar-refractivity contribution in [2.45, 2.75) is 6.10 Å². The number of halogens is 2. The van der Waals surface area contributed by atoms with Gasteiger partial charge in [0, 0.05) is 16.6 Å². The topological polar surface area (TPSA) is 129 Å². The highest BCUT2D eigenvalue weighted by molar-refractivity contribution is 9.10. The van der Waals surface area contributed by atoms with Gasteiger partial charge in [-0.25, -0.2) is 19.2 Å². The smallest absolute Gasteiger partial charge is 0.407 e. The van der Waals surface area contributed by atoms with E-state index in [0.717, 1.165) is 0 Å². The lowest BCUT2D eigenvalue weighted by Gasteiger charge is -2.13. The number of aromatic nitrogens is 2. The third-order valence-electron chi connectivity index (χ3n) is 4.27. The quantitative estimate of drug-likeness (QED) is 0.406. The molecular formula is C18H13BrFN5O5. The number of nitro groups is 1. The van der Waals surface area contributed by atoms with Crippen LogP contribution in [0.25, 0.3) is 10.9 Å². The zero-order chi connectivity index (χ0) is 21.3. The van der Waals surface area contributed by atoms with Crippen LogP contribution in [0.2, 0.25) is 0 Å². The summed E-state index contributed by atoms with van der Waals surface area (Å²) < 4.78 is 25.2. The lowest BCUT2D eigenvalue weighted by Crippen LogP contribution is -2.22. The predicted molar refractivity (Wildman–Crippen MR) is 107 cm³/mol. The Hall–Kier alpha value is -3.54. The molecule has 0 saturated carbocycles. The van der Waals surface area contributed by atoms with Gasteiger partial charge < -0.3 is 20.1 Å². The van der Waals surface area contributed by atoms with Gasteiger partial charge in [-0.3, -0.25) is 10.1 Å². The van der Waals surface area contributed by atoms with E-state index in [2.05, 4.69) is 36.5 Å². The second-order valence-electron chi connectivity index (χ2n) is 6.28. The molecule has 1 unspecified atom stereocenters. The number of nitrogens with zero attached hydrogens (tertiary/aromatic N) is 3. The fraction of sp³-hybridized carbons (Fsp3) is 0.167. The first-order chi connectivity index (χ1) is 14.4. The molecule has 2 aromatic carbocycles. The van der Waals surface area contributed by atoms with E-state index < -0.39 is 22.9 Å². The molecule has 1 aromatic heterocycles. The van der Waals surface area contributed by atoms with Crippen molar-refractivity contribution in [1.82, 2.24) is 15.3 Å². The van der Waals surface area contributed by atoms with Crippen molar-refractivity contribution < 1.29 is 23.6 Å². The Balaban J connectivity index is 1.67. The normalized spacial score (nSPS) is 15.5. The van der Waals surface area contributed by atoms with Crippen molar-refractivity contribution in [3.63, 3.8) is 0 Å². The molecule has 1 atom stereocenters. The highest BCUT2D eigenvalue weighted by Gasteiger charge is 2.25. The van der Waals surface area contributed by atoms with Crippen molar-refractivity contribution in [2.24, 2.45) is 0 Å². The molecule has 1 aliphatic heterocycles. The van der Waals surface area contributed by atoms with Gasteiger partial charge in [0.15, 0.2) is 11.9 Å². The van der Waals surface area contributed by atoms with Crippen LogP contribution in [0.1, 0.15) is 0 Å². The summed E-state index contributed by atoms with van der Waals surface area (Å²) in [7, 11) is 0. The number of benzene rings is 2. The Bertz CT molecular complexity index is 1160. The second-order valence-corrected chi connectivity index (χ2v) is 7.20. The molecule has 1 saturated heterocycles. The molecule has 2 heterocycles. The maximum Gasteiger partial charge on any atom is 0.407 e. The second kappa shape index (κ2) is 8.06. The van der Waals surface area contributed by atoms with E-state index in [9.17, 15) is 19.3 Å². The van der Waals surface area contributed by atoms with Gasteiger partial charge in [0.2, 0.25) is 0 Å². The summed E-state index contributed by atoms with van der Waals surface area (Å²) in [5.74, 6) is -0.356. The van der Waals surface area contributed by atoms with Crippen LogP contribution in [0.3, 0.4) is 0 Å². The molecule has 0 radical (unpaired) electrons. The molecule has 0 spiro atoms. The Morgan fingerprint density at radius 2 is 2.20 bits per heavy atom. The van der Waals surface area contributed by atoms with Crippen LogP contribution in [0.4, 0.5) is 26.4 Å². The summed E-state index contributed by atoms with van der Waals surface area (Å²) >= 11 is 3.18. The van der Waals surface area contributed by atoms with Gasteiger partial charge in [-0.15, -0.1) is 0 Å². The zero-order valence-electron chi connectivity index (χ0n) is 15.1. The average molecular weight is 478 g/mol. The first-order valence-corrected chi connectivity index (χ1v) is 9.42. The van der Waals surface area contributed by atoms with Gasteiger partial charge in [0.1, 0.15) is 24.6 Å². The monoisotopic (exact) mass is 477 g/mol. The maximum absolute atomic E-state index is 14.2. The number of cyclic esters (lactones) is 1.